The first-order chi connectivity index (χ1) is 18.8. The van der Waals surface area contributed by atoms with Crippen LogP contribution in [0.5, 0.6) is 0 Å². The van der Waals surface area contributed by atoms with Crippen molar-refractivity contribution in [2.24, 2.45) is 0 Å². The van der Waals surface area contributed by atoms with E-state index in [4.69, 9.17) is 35.4 Å². The van der Waals surface area contributed by atoms with Crippen LogP contribution in [-0.4, -0.2) is 48.0 Å². The van der Waals surface area contributed by atoms with Crippen molar-refractivity contribution in [2.45, 2.75) is 6.92 Å². The van der Waals surface area contributed by atoms with E-state index in [1.165, 1.54) is 0 Å². The number of rotatable bonds is 4. The minimum atomic E-state index is -0.332. The van der Waals surface area contributed by atoms with Gasteiger partial charge in [-0.25, -0.2) is 0 Å². The summed E-state index contributed by atoms with van der Waals surface area (Å²) in [6.45, 7) is 4.52. The number of benzene rings is 4. The predicted molar refractivity (Wildman–Crippen MR) is 163 cm³/mol. The van der Waals surface area contributed by atoms with Gasteiger partial charge in [0.1, 0.15) is 0 Å². The van der Waals surface area contributed by atoms with E-state index in [9.17, 15) is 9.59 Å². The lowest BCUT2D eigenvalue weighted by atomic mass is 10.0. The number of halogens is 2. The number of carbonyl (C=O) groups excluding carboxylic acids is 2. The van der Waals surface area contributed by atoms with E-state index in [0.717, 1.165) is 27.6 Å². The third-order valence-corrected chi connectivity index (χ3v) is 7.67. The van der Waals surface area contributed by atoms with Crippen LogP contribution in [0.4, 0.5) is 11.4 Å². The first-order valence-electron chi connectivity index (χ1n) is 12.5. The zero-order valence-corrected chi connectivity index (χ0v) is 23.5. The van der Waals surface area contributed by atoms with Crippen molar-refractivity contribution in [1.82, 2.24) is 10.2 Å². The molecule has 0 aliphatic carbocycles. The first-order valence-corrected chi connectivity index (χ1v) is 13.7. The van der Waals surface area contributed by atoms with E-state index >= 15 is 0 Å². The highest BCUT2D eigenvalue weighted by Gasteiger charge is 2.24. The Balaban J connectivity index is 1.20. The van der Waals surface area contributed by atoms with Gasteiger partial charge in [-0.3, -0.25) is 14.9 Å². The number of anilines is 2. The summed E-state index contributed by atoms with van der Waals surface area (Å²) in [6, 6.07) is 24.1. The Labute approximate surface area is 242 Å². The number of nitrogens with one attached hydrogen (secondary N) is 2. The SMILES string of the molecule is Cc1ccccc1C(=O)N1CCN(c2ccc(NC(=S)NC(=O)c3cccc4c(Cl)cccc34)cc2Cl)CC1. The molecule has 0 radical (unpaired) electrons. The molecule has 1 saturated heterocycles. The molecule has 1 aliphatic rings. The van der Waals surface area contributed by atoms with Crippen LogP contribution in [0.3, 0.4) is 0 Å². The van der Waals surface area contributed by atoms with E-state index in [1.54, 1.807) is 24.3 Å². The molecular weight excluding hydrogens is 551 g/mol. The summed E-state index contributed by atoms with van der Waals surface area (Å²) >= 11 is 18.3. The third-order valence-electron chi connectivity index (χ3n) is 6.83. The zero-order valence-electron chi connectivity index (χ0n) is 21.2. The van der Waals surface area contributed by atoms with Crippen LogP contribution in [-0.2, 0) is 0 Å². The van der Waals surface area contributed by atoms with Crippen LogP contribution in [0, 0.1) is 6.92 Å². The van der Waals surface area contributed by atoms with Crippen molar-refractivity contribution in [3.05, 3.63) is 106 Å². The molecular formula is C30H26Cl2N4O2S. The Bertz CT molecular complexity index is 1580. The van der Waals surface area contributed by atoms with Crippen molar-refractivity contribution in [3.63, 3.8) is 0 Å². The van der Waals surface area contributed by atoms with Crippen molar-refractivity contribution in [3.8, 4) is 0 Å². The van der Waals surface area contributed by atoms with E-state index in [-0.39, 0.29) is 16.9 Å². The molecule has 1 heterocycles. The molecule has 9 heteroatoms. The highest BCUT2D eigenvalue weighted by Crippen LogP contribution is 2.30. The largest absolute Gasteiger partial charge is 0.367 e. The maximum atomic E-state index is 12.9. The molecule has 0 spiro atoms. The molecule has 0 aromatic heterocycles. The molecule has 0 bridgehead atoms. The van der Waals surface area contributed by atoms with Crippen LogP contribution in [0.2, 0.25) is 10.0 Å². The van der Waals surface area contributed by atoms with Gasteiger partial charge in [0.2, 0.25) is 0 Å². The number of fused-ring (bicyclic) bond motifs is 1. The van der Waals surface area contributed by atoms with E-state index in [2.05, 4.69) is 15.5 Å². The molecule has 0 atom stereocenters. The number of hydrogen-bond donors (Lipinski definition) is 2. The molecule has 5 rings (SSSR count). The molecule has 1 aliphatic heterocycles. The normalized spacial score (nSPS) is 13.3. The van der Waals surface area contributed by atoms with Gasteiger partial charge in [0.05, 0.1) is 10.7 Å². The van der Waals surface area contributed by atoms with Gasteiger partial charge >= 0.3 is 0 Å². The average molecular weight is 578 g/mol. The van der Waals surface area contributed by atoms with Crippen LogP contribution < -0.4 is 15.5 Å². The fourth-order valence-electron chi connectivity index (χ4n) is 4.78. The molecule has 0 unspecified atom stereocenters. The Morgan fingerprint density at radius 1 is 0.795 bits per heavy atom. The lowest BCUT2D eigenvalue weighted by molar-refractivity contribution is 0.0746. The highest BCUT2D eigenvalue weighted by atomic mass is 35.5. The second-order valence-electron chi connectivity index (χ2n) is 9.31. The van der Waals surface area contributed by atoms with Crippen LogP contribution in [0.15, 0.2) is 78.9 Å². The van der Waals surface area contributed by atoms with Gasteiger partial charge in [-0.05, 0) is 66.5 Å². The lowest BCUT2D eigenvalue weighted by Crippen LogP contribution is -2.49. The lowest BCUT2D eigenvalue weighted by Gasteiger charge is -2.36. The molecule has 39 heavy (non-hydrogen) atoms. The van der Waals surface area contributed by atoms with Gasteiger partial charge in [-0.2, -0.15) is 0 Å². The second kappa shape index (κ2) is 11.6. The smallest absolute Gasteiger partial charge is 0.258 e. The topological polar surface area (TPSA) is 64.7 Å². The van der Waals surface area contributed by atoms with Gasteiger partial charge in [-0.1, -0.05) is 65.7 Å². The van der Waals surface area contributed by atoms with E-state index in [0.29, 0.717) is 47.5 Å². The van der Waals surface area contributed by atoms with Crippen LogP contribution in [0.1, 0.15) is 26.3 Å². The molecule has 4 aromatic rings. The number of carbonyl (C=O) groups is 2. The summed E-state index contributed by atoms with van der Waals surface area (Å²) in [5, 5.41) is 8.61. The fraction of sp³-hybridized carbons (Fsp3) is 0.167. The molecule has 0 saturated carbocycles. The Morgan fingerprint density at radius 2 is 1.49 bits per heavy atom. The highest BCUT2D eigenvalue weighted by molar-refractivity contribution is 7.80. The third kappa shape index (κ3) is 5.86. The summed E-state index contributed by atoms with van der Waals surface area (Å²) < 4.78 is 0. The molecule has 2 amide bonds. The molecule has 1 fully saturated rings. The molecule has 6 nitrogen and oxygen atoms in total. The van der Waals surface area contributed by atoms with Crippen molar-refractivity contribution >= 4 is 74.5 Å². The minimum Gasteiger partial charge on any atom is -0.367 e. The summed E-state index contributed by atoms with van der Waals surface area (Å²) in [4.78, 5) is 29.9. The quantitative estimate of drug-likeness (QED) is 0.270. The van der Waals surface area contributed by atoms with Gasteiger partial charge < -0.3 is 15.1 Å². The van der Waals surface area contributed by atoms with Crippen LogP contribution in [0.25, 0.3) is 10.8 Å². The monoisotopic (exact) mass is 576 g/mol. The summed E-state index contributed by atoms with van der Waals surface area (Å²) in [6.07, 6.45) is 0. The number of piperazine rings is 1. The second-order valence-corrected chi connectivity index (χ2v) is 10.5. The summed E-state index contributed by atoms with van der Waals surface area (Å²) in [7, 11) is 0. The average Bonchev–Trinajstić information content (AvgIpc) is 2.93. The number of nitrogens with zero attached hydrogens (tertiary/aromatic N) is 2. The fourth-order valence-corrected chi connectivity index (χ4v) is 5.53. The van der Waals surface area contributed by atoms with Crippen molar-refractivity contribution in [1.29, 1.82) is 0 Å². The van der Waals surface area contributed by atoms with Crippen LogP contribution >= 0.6 is 35.4 Å². The summed E-state index contributed by atoms with van der Waals surface area (Å²) in [5.41, 5.74) is 3.74. The van der Waals surface area contributed by atoms with Gasteiger partial charge in [0, 0.05) is 53.4 Å². The standard InChI is InChI=1S/C30H26Cl2N4O2S/c1-19-6-2-3-7-21(19)29(38)36-16-14-35(15-17-36)27-13-12-20(18-26(27)32)33-30(39)34-28(37)24-10-4-9-23-22(24)8-5-11-25(23)31/h2-13,18H,14-17H2,1H3,(H2,33,34,37,39). The minimum absolute atomic E-state index is 0.0561. The van der Waals surface area contributed by atoms with Crippen molar-refractivity contribution in [2.75, 3.05) is 36.4 Å². The molecule has 2 N–H and O–H groups in total. The number of amides is 2. The number of hydrogen-bond acceptors (Lipinski definition) is 4. The van der Waals surface area contributed by atoms with Crippen molar-refractivity contribution < 1.29 is 9.59 Å². The number of aryl methyl sites for hydroxylation is 1. The van der Waals surface area contributed by atoms with E-state index < -0.39 is 0 Å². The van der Waals surface area contributed by atoms with Gasteiger partial charge in [-0.15, -0.1) is 0 Å². The summed E-state index contributed by atoms with van der Waals surface area (Å²) in [5.74, 6) is -0.276. The Hall–Kier alpha value is -3.65. The maximum absolute atomic E-state index is 12.9. The van der Waals surface area contributed by atoms with Gasteiger partial charge in [0.15, 0.2) is 5.11 Å². The molecule has 198 valence electrons. The predicted octanol–water partition coefficient (Wildman–Crippen LogP) is 6.54. The van der Waals surface area contributed by atoms with E-state index in [1.807, 2.05) is 66.4 Å². The Morgan fingerprint density at radius 3 is 2.23 bits per heavy atom. The molecule has 4 aromatic carbocycles. The Kier molecular flexibility index (Phi) is 8.02. The first kappa shape index (κ1) is 26.9. The number of thiocarbonyl (C=S) groups is 1. The maximum Gasteiger partial charge on any atom is 0.258 e. The van der Waals surface area contributed by atoms with Gasteiger partial charge in [0.25, 0.3) is 11.8 Å². The zero-order chi connectivity index (χ0) is 27.5.